The van der Waals surface area contributed by atoms with Crippen molar-refractivity contribution >= 4 is 40.6 Å². The van der Waals surface area contributed by atoms with Crippen LogP contribution in [-0.2, 0) is 11.4 Å². The van der Waals surface area contributed by atoms with E-state index in [2.05, 4.69) is 5.32 Å². The molecule has 182 valence electrons. The number of hydrogen-bond donors (Lipinski definition) is 1. The van der Waals surface area contributed by atoms with Gasteiger partial charge in [-0.3, -0.25) is 25.0 Å². The summed E-state index contributed by atoms with van der Waals surface area (Å²) in [6.45, 7) is 0.128. The van der Waals surface area contributed by atoms with E-state index in [0.29, 0.717) is 22.6 Å². The number of benzene rings is 3. The Morgan fingerprint density at radius 3 is 2.39 bits per heavy atom. The number of methoxy groups -OCH3 is 1. The molecule has 1 amide bonds. The van der Waals surface area contributed by atoms with Gasteiger partial charge in [-0.25, -0.2) is 0 Å². The molecule has 0 saturated carbocycles. The van der Waals surface area contributed by atoms with Gasteiger partial charge in [0, 0.05) is 23.9 Å². The maximum absolute atomic E-state index is 12.6. The number of nitrogens with zero attached hydrogens (tertiary/aromatic N) is 3. The van der Waals surface area contributed by atoms with Gasteiger partial charge in [-0.05, 0) is 53.6 Å². The van der Waals surface area contributed by atoms with Crippen molar-refractivity contribution in [2.75, 3.05) is 12.4 Å². The number of carbonyl (C=O) groups is 1. The maximum Gasteiger partial charge on any atom is 0.289 e. The SMILES string of the molecule is COc1cc(/C=C(\C#N)C(=O)Nc2ccc(Cl)c([N+](=O)[O-])c2)ccc1OCc1ccc([N+](=O)[O-])cc1. The Bertz CT molecular complexity index is 1400. The van der Waals surface area contributed by atoms with Gasteiger partial charge in [0.1, 0.15) is 23.3 Å². The van der Waals surface area contributed by atoms with Crippen LogP contribution in [0.4, 0.5) is 17.1 Å². The lowest BCUT2D eigenvalue weighted by Crippen LogP contribution is -2.13. The van der Waals surface area contributed by atoms with Gasteiger partial charge < -0.3 is 14.8 Å². The summed E-state index contributed by atoms with van der Waals surface area (Å²) in [5.41, 5.74) is 0.602. The third-order valence-electron chi connectivity index (χ3n) is 4.81. The molecule has 0 aliphatic carbocycles. The largest absolute Gasteiger partial charge is 0.493 e. The van der Waals surface area contributed by atoms with Crippen LogP contribution >= 0.6 is 11.6 Å². The number of carbonyl (C=O) groups excluding carboxylic acids is 1. The number of non-ortho nitro benzene ring substituents is 1. The number of nitro groups is 2. The van der Waals surface area contributed by atoms with Gasteiger partial charge in [-0.15, -0.1) is 0 Å². The Morgan fingerprint density at radius 2 is 1.78 bits per heavy atom. The zero-order valence-corrected chi connectivity index (χ0v) is 19.4. The van der Waals surface area contributed by atoms with Gasteiger partial charge in [0.25, 0.3) is 17.3 Å². The summed E-state index contributed by atoms with van der Waals surface area (Å²) in [6.07, 6.45) is 1.32. The molecule has 1 N–H and O–H groups in total. The van der Waals surface area contributed by atoms with E-state index in [-0.39, 0.29) is 34.3 Å². The first-order valence-corrected chi connectivity index (χ1v) is 10.5. The average Bonchev–Trinajstić information content (AvgIpc) is 2.87. The Kier molecular flexibility index (Phi) is 8.17. The van der Waals surface area contributed by atoms with E-state index in [0.717, 1.165) is 6.07 Å². The number of nitro benzene ring substituents is 2. The number of nitrogens with one attached hydrogen (secondary N) is 1. The van der Waals surface area contributed by atoms with E-state index < -0.39 is 15.8 Å². The van der Waals surface area contributed by atoms with Crippen LogP contribution in [-0.4, -0.2) is 22.9 Å². The second-order valence-corrected chi connectivity index (χ2v) is 7.58. The first-order chi connectivity index (χ1) is 17.2. The third-order valence-corrected chi connectivity index (χ3v) is 5.13. The highest BCUT2D eigenvalue weighted by molar-refractivity contribution is 6.32. The monoisotopic (exact) mass is 508 g/mol. The standard InChI is InChI=1S/C24H17ClN4O7/c1-35-23-11-16(4-9-22(23)36-14-15-2-6-19(7-3-15)28(31)32)10-17(13-26)24(30)27-18-5-8-20(25)21(12-18)29(33)34/h2-12H,14H2,1H3,(H,27,30)/b17-10+. The van der Waals surface area contributed by atoms with Crippen LogP contribution in [0.15, 0.2) is 66.2 Å². The van der Waals surface area contributed by atoms with Crippen LogP contribution in [0.1, 0.15) is 11.1 Å². The number of halogens is 1. The third kappa shape index (κ3) is 6.34. The highest BCUT2D eigenvalue weighted by atomic mass is 35.5. The van der Waals surface area contributed by atoms with Gasteiger partial charge in [0.2, 0.25) is 0 Å². The van der Waals surface area contributed by atoms with Gasteiger partial charge in [0.05, 0.1) is 17.0 Å². The number of nitriles is 1. The van der Waals surface area contributed by atoms with Crippen molar-refractivity contribution in [1.82, 2.24) is 0 Å². The second-order valence-electron chi connectivity index (χ2n) is 7.17. The van der Waals surface area contributed by atoms with E-state index in [1.165, 1.54) is 37.5 Å². The number of hydrogen-bond acceptors (Lipinski definition) is 8. The molecular weight excluding hydrogens is 492 g/mol. The van der Waals surface area contributed by atoms with Crippen LogP contribution in [0.5, 0.6) is 11.5 Å². The first-order valence-electron chi connectivity index (χ1n) is 10.1. The van der Waals surface area contributed by atoms with Crippen LogP contribution < -0.4 is 14.8 Å². The Morgan fingerprint density at radius 1 is 1.06 bits per heavy atom. The summed E-state index contributed by atoms with van der Waals surface area (Å²) < 4.78 is 11.1. The minimum Gasteiger partial charge on any atom is -0.493 e. The van der Waals surface area contributed by atoms with Crippen LogP contribution in [0.25, 0.3) is 6.08 Å². The smallest absolute Gasteiger partial charge is 0.289 e. The molecule has 11 nitrogen and oxygen atoms in total. The summed E-state index contributed by atoms with van der Waals surface area (Å²) in [5, 5.41) is 33.6. The molecule has 3 rings (SSSR count). The highest BCUT2D eigenvalue weighted by Crippen LogP contribution is 2.30. The quantitative estimate of drug-likeness (QED) is 0.177. The molecule has 0 radical (unpaired) electrons. The Balaban J connectivity index is 1.75. The number of anilines is 1. The molecule has 0 aliphatic heterocycles. The molecule has 0 unspecified atom stereocenters. The minimum atomic E-state index is -0.772. The van der Waals surface area contributed by atoms with E-state index in [1.54, 1.807) is 36.4 Å². The van der Waals surface area contributed by atoms with Crippen LogP contribution in [0, 0.1) is 31.6 Å². The van der Waals surface area contributed by atoms with E-state index in [4.69, 9.17) is 21.1 Å². The molecule has 0 aromatic heterocycles. The summed E-state index contributed by atoms with van der Waals surface area (Å²) in [7, 11) is 1.42. The molecule has 3 aromatic rings. The summed E-state index contributed by atoms with van der Waals surface area (Å²) in [4.78, 5) is 33.2. The van der Waals surface area contributed by atoms with Crippen molar-refractivity contribution in [2.45, 2.75) is 6.61 Å². The fraction of sp³-hybridized carbons (Fsp3) is 0.0833. The fourth-order valence-electron chi connectivity index (χ4n) is 3.01. The van der Waals surface area contributed by atoms with Crippen molar-refractivity contribution in [3.05, 3.63) is 103 Å². The molecule has 0 fully saturated rings. The van der Waals surface area contributed by atoms with Crippen molar-refractivity contribution in [3.63, 3.8) is 0 Å². The predicted molar refractivity (Wildman–Crippen MR) is 131 cm³/mol. The second kappa shape index (κ2) is 11.5. The van der Waals surface area contributed by atoms with Crippen molar-refractivity contribution in [1.29, 1.82) is 5.26 Å². The molecule has 36 heavy (non-hydrogen) atoms. The van der Waals surface area contributed by atoms with Crippen LogP contribution in [0.2, 0.25) is 5.02 Å². The molecule has 0 heterocycles. The van der Waals surface area contributed by atoms with Crippen molar-refractivity contribution < 1.29 is 24.1 Å². The first kappa shape index (κ1) is 25.7. The number of ether oxygens (including phenoxy) is 2. The molecule has 3 aromatic carbocycles. The van der Waals surface area contributed by atoms with Gasteiger partial charge in [-0.1, -0.05) is 17.7 Å². The summed E-state index contributed by atoms with van der Waals surface area (Å²) >= 11 is 5.78. The highest BCUT2D eigenvalue weighted by Gasteiger charge is 2.16. The van der Waals surface area contributed by atoms with E-state index in [1.807, 2.05) is 0 Å². The summed E-state index contributed by atoms with van der Waals surface area (Å²) in [5.74, 6) is -0.0623. The Labute approximate surface area is 209 Å². The lowest BCUT2D eigenvalue weighted by Gasteiger charge is -2.12. The van der Waals surface area contributed by atoms with Gasteiger partial charge in [0.15, 0.2) is 11.5 Å². The molecule has 0 aliphatic rings. The zero-order chi connectivity index (χ0) is 26.2. The van der Waals surface area contributed by atoms with Crippen LogP contribution in [0.3, 0.4) is 0 Å². The minimum absolute atomic E-state index is 0.0286. The zero-order valence-electron chi connectivity index (χ0n) is 18.6. The number of amides is 1. The van der Waals surface area contributed by atoms with Gasteiger partial charge >= 0.3 is 0 Å². The molecular formula is C24H17ClN4O7. The fourth-order valence-corrected chi connectivity index (χ4v) is 3.20. The molecule has 0 bridgehead atoms. The number of rotatable bonds is 9. The lowest BCUT2D eigenvalue weighted by molar-refractivity contribution is -0.385. The van der Waals surface area contributed by atoms with Gasteiger partial charge in [-0.2, -0.15) is 5.26 Å². The molecule has 0 spiro atoms. The Hall–Kier alpha value is -4.95. The van der Waals surface area contributed by atoms with Crippen molar-refractivity contribution in [3.8, 4) is 17.6 Å². The predicted octanol–water partition coefficient (Wildman–Crippen LogP) is 5.29. The topological polar surface area (TPSA) is 158 Å². The molecule has 0 saturated heterocycles. The lowest BCUT2D eigenvalue weighted by atomic mass is 10.1. The van der Waals surface area contributed by atoms with Crippen molar-refractivity contribution in [2.24, 2.45) is 0 Å². The van der Waals surface area contributed by atoms with E-state index >= 15 is 0 Å². The average molecular weight is 509 g/mol. The molecule has 0 atom stereocenters. The maximum atomic E-state index is 12.6. The molecule has 12 heteroatoms. The summed E-state index contributed by atoms with van der Waals surface area (Å²) in [6, 6.07) is 16.2. The van der Waals surface area contributed by atoms with E-state index in [9.17, 15) is 30.3 Å². The normalized spacial score (nSPS) is 10.8.